The van der Waals surface area contributed by atoms with Crippen LogP contribution in [0.3, 0.4) is 0 Å². The first-order chi connectivity index (χ1) is 12.6. The van der Waals surface area contributed by atoms with Gasteiger partial charge in [0.05, 0.1) is 4.90 Å². The van der Waals surface area contributed by atoms with Gasteiger partial charge in [-0.25, -0.2) is 13.1 Å². The topological polar surface area (TPSA) is 49.4 Å². The third-order valence-electron chi connectivity index (χ3n) is 4.86. The molecule has 0 aromatic heterocycles. The van der Waals surface area contributed by atoms with E-state index in [-0.39, 0.29) is 10.9 Å². The van der Waals surface area contributed by atoms with Gasteiger partial charge in [-0.2, -0.15) is 0 Å². The van der Waals surface area contributed by atoms with Gasteiger partial charge in [0, 0.05) is 17.6 Å². The fourth-order valence-electron chi connectivity index (χ4n) is 3.43. The number of sulfonamides is 1. The number of hydrogen-bond donors (Lipinski definition) is 1. The lowest BCUT2D eigenvalue weighted by molar-refractivity contribution is 0.206. The Bertz CT molecular complexity index is 786. The first-order valence-corrected chi connectivity index (χ1v) is 11.0. The Kier molecular flexibility index (Phi) is 6.70. The lowest BCUT2D eigenvalue weighted by Gasteiger charge is -2.31. The van der Waals surface area contributed by atoms with Crippen molar-refractivity contribution in [2.75, 3.05) is 19.6 Å². The summed E-state index contributed by atoms with van der Waals surface area (Å²) in [6.45, 7) is 2.36. The summed E-state index contributed by atoms with van der Waals surface area (Å²) in [5.74, 6) is 0. The highest BCUT2D eigenvalue weighted by Crippen LogP contribution is 2.24. The molecule has 1 heterocycles. The fourth-order valence-corrected chi connectivity index (χ4v) is 4.59. The molecule has 140 valence electrons. The molecule has 1 saturated heterocycles. The molecule has 0 radical (unpaired) electrons. The van der Waals surface area contributed by atoms with Crippen molar-refractivity contribution in [1.82, 2.24) is 9.62 Å². The molecule has 1 fully saturated rings. The highest BCUT2D eigenvalue weighted by atomic mass is 35.5. The second-order valence-electron chi connectivity index (χ2n) is 6.68. The van der Waals surface area contributed by atoms with Gasteiger partial charge in [0.25, 0.3) is 0 Å². The van der Waals surface area contributed by atoms with E-state index < -0.39 is 10.0 Å². The maximum atomic E-state index is 12.7. The molecule has 1 N–H and O–H groups in total. The quantitative estimate of drug-likeness (QED) is 0.800. The number of benzene rings is 2. The van der Waals surface area contributed by atoms with Crippen molar-refractivity contribution in [3.63, 3.8) is 0 Å². The van der Waals surface area contributed by atoms with Crippen LogP contribution in [-0.2, 0) is 10.0 Å². The molecule has 0 bridgehead atoms. The monoisotopic (exact) mass is 392 g/mol. The lowest BCUT2D eigenvalue weighted by atomic mass is 10.1. The van der Waals surface area contributed by atoms with Crippen molar-refractivity contribution in [2.45, 2.75) is 36.6 Å². The Morgan fingerprint density at radius 3 is 2.15 bits per heavy atom. The number of hydrogen-bond acceptors (Lipinski definition) is 3. The normalized spacial score (nSPS) is 17.6. The molecule has 1 aliphatic rings. The second kappa shape index (κ2) is 9.00. The van der Waals surface area contributed by atoms with Gasteiger partial charge < -0.3 is 0 Å². The number of halogens is 1. The lowest BCUT2D eigenvalue weighted by Crippen LogP contribution is -2.38. The van der Waals surface area contributed by atoms with E-state index in [9.17, 15) is 8.42 Å². The molecule has 4 nitrogen and oxygen atoms in total. The average Bonchev–Trinajstić information content (AvgIpc) is 2.92. The van der Waals surface area contributed by atoms with Gasteiger partial charge >= 0.3 is 0 Å². The van der Waals surface area contributed by atoms with Gasteiger partial charge in [0.1, 0.15) is 0 Å². The largest absolute Gasteiger partial charge is 0.295 e. The van der Waals surface area contributed by atoms with E-state index >= 15 is 0 Å². The van der Waals surface area contributed by atoms with E-state index in [0.29, 0.717) is 11.6 Å². The van der Waals surface area contributed by atoms with E-state index in [1.54, 1.807) is 12.1 Å². The first-order valence-electron chi connectivity index (χ1n) is 9.10. The minimum absolute atomic E-state index is 0.0383. The summed E-state index contributed by atoms with van der Waals surface area (Å²) in [6, 6.07) is 16.5. The summed E-state index contributed by atoms with van der Waals surface area (Å²) in [4.78, 5) is 2.65. The molecule has 0 unspecified atom stereocenters. The highest BCUT2D eigenvalue weighted by Gasteiger charge is 2.24. The SMILES string of the molecule is O=S(=O)(NC[C@@H](c1ccccc1)N1CCCCCC1)c1ccc(Cl)cc1. The van der Waals surface area contributed by atoms with E-state index in [2.05, 4.69) is 21.8 Å². The Balaban J connectivity index is 1.78. The molecule has 3 rings (SSSR count). The van der Waals surface area contributed by atoms with Crippen LogP contribution in [0, 0.1) is 0 Å². The van der Waals surface area contributed by atoms with Gasteiger partial charge in [-0.05, 0) is 55.8 Å². The van der Waals surface area contributed by atoms with Crippen LogP contribution in [0.5, 0.6) is 0 Å². The van der Waals surface area contributed by atoms with Crippen LogP contribution in [-0.4, -0.2) is 33.0 Å². The molecule has 6 heteroatoms. The summed E-state index contributed by atoms with van der Waals surface area (Å²) in [5, 5.41) is 0.524. The highest BCUT2D eigenvalue weighted by molar-refractivity contribution is 7.89. The zero-order valence-corrected chi connectivity index (χ0v) is 16.3. The van der Waals surface area contributed by atoms with Crippen molar-refractivity contribution in [3.8, 4) is 0 Å². The van der Waals surface area contributed by atoms with Gasteiger partial charge in [-0.3, -0.25) is 4.90 Å². The summed E-state index contributed by atoms with van der Waals surface area (Å²) in [6.07, 6.45) is 4.81. The van der Waals surface area contributed by atoms with Crippen LogP contribution in [0.1, 0.15) is 37.3 Å². The number of likely N-dealkylation sites (tertiary alicyclic amines) is 1. The van der Waals surface area contributed by atoms with E-state index in [1.807, 2.05) is 18.2 Å². The predicted molar refractivity (Wildman–Crippen MR) is 106 cm³/mol. The second-order valence-corrected chi connectivity index (χ2v) is 8.89. The first kappa shape index (κ1) is 19.4. The third-order valence-corrected chi connectivity index (χ3v) is 6.55. The molecular weight excluding hydrogens is 368 g/mol. The Morgan fingerprint density at radius 1 is 0.923 bits per heavy atom. The van der Waals surface area contributed by atoms with Crippen LogP contribution in [0.15, 0.2) is 59.5 Å². The maximum Gasteiger partial charge on any atom is 0.240 e. The van der Waals surface area contributed by atoms with Crippen LogP contribution >= 0.6 is 11.6 Å². The number of rotatable bonds is 6. The van der Waals surface area contributed by atoms with E-state index in [4.69, 9.17) is 11.6 Å². The van der Waals surface area contributed by atoms with E-state index in [0.717, 1.165) is 31.5 Å². The Hall–Kier alpha value is -1.40. The summed E-state index contributed by atoms with van der Waals surface area (Å²) >= 11 is 5.86. The molecule has 0 spiro atoms. The van der Waals surface area contributed by atoms with Crippen LogP contribution in [0.4, 0.5) is 0 Å². The molecule has 2 aromatic rings. The van der Waals surface area contributed by atoms with Gasteiger partial charge in [-0.1, -0.05) is 54.8 Å². The Morgan fingerprint density at radius 2 is 1.54 bits per heavy atom. The van der Waals surface area contributed by atoms with Gasteiger partial charge in [0.2, 0.25) is 10.0 Å². The van der Waals surface area contributed by atoms with Crippen molar-refractivity contribution in [1.29, 1.82) is 0 Å². The molecule has 1 aliphatic heterocycles. The average molecular weight is 393 g/mol. The minimum Gasteiger partial charge on any atom is -0.295 e. The summed E-state index contributed by atoms with van der Waals surface area (Å²) < 4.78 is 28.1. The molecule has 0 saturated carbocycles. The predicted octanol–water partition coefficient (Wildman–Crippen LogP) is 4.24. The molecule has 0 amide bonds. The van der Waals surface area contributed by atoms with Crippen molar-refractivity contribution >= 4 is 21.6 Å². The Labute approximate surface area is 161 Å². The van der Waals surface area contributed by atoms with Crippen molar-refractivity contribution in [2.24, 2.45) is 0 Å². The van der Waals surface area contributed by atoms with E-state index in [1.165, 1.54) is 25.0 Å². The zero-order chi connectivity index (χ0) is 18.4. The smallest absolute Gasteiger partial charge is 0.240 e. The molecule has 1 atom stereocenters. The van der Waals surface area contributed by atoms with Crippen LogP contribution < -0.4 is 4.72 Å². The van der Waals surface area contributed by atoms with Gasteiger partial charge in [-0.15, -0.1) is 0 Å². The van der Waals surface area contributed by atoms with Crippen molar-refractivity contribution in [3.05, 3.63) is 65.2 Å². The molecule has 0 aliphatic carbocycles. The van der Waals surface area contributed by atoms with Crippen LogP contribution in [0.25, 0.3) is 0 Å². The van der Waals surface area contributed by atoms with Crippen molar-refractivity contribution < 1.29 is 8.42 Å². The summed E-state index contributed by atoms with van der Waals surface area (Å²) in [5.41, 5.74) is 1.15. The standard InChI is InChI=1S/C20H25ClN2O2S/c21-18-10-12-19(13-11-18)26(24,25)22-16-20(17-8-4-3-5-9-17)23-14-6-1-2-7-15-23/h3-5,8-13,20,22H,1-2,6-7,14-16H2/t20-/m0/s1. The number of nitrogens with one attached hydrogen (secondary N) is 1. The van der Waals surface area contributed by atoms with Crippen LogP contribution in [0.2, 0.25) is 5.02 Å². The van der Waals surface area contributed by atoms with Gasteiger partial charge in [0.15, 0.2) is 0 Å². The maximum absolute atomic E-state index is 12.7. The molecule has 26 heavy (non-hydrogen) atoms. The molecule has 2 aromatic carbocycles. The minimum atomic E-state index is -3.56. The molecular formula is C20H25ClN2O2S. The number of nitrogens with zero attached hydrogens (tertiary/aromatic N) is 1. The zero-order valence-electron chi connectivity index (χ0n) is 14.8. The third kappa shape index (κ3) is 5.07. The fraction of sp³-hybridized carbons (Fsp3) is 0.400. The summed E-state index contributed by atoms with van der Waals surface area (Å²) in [7, 11) is -3.56.